The van der Waals surface area contributed by atoms with Crippen LogP contribution in [0.2, 0.25) is 0 Å². The van der Waals surface area contributed by atoms with Gasteiger partial charge in [0.25, 0.3) is 5.91 Å². The molecule has 2 aromatic carbocycles. The highest BCUT2D eigenvalue weighted by Crippen LogP contribution is 2.29. The van der Waals surface area contributed by atoms with Gasteiger partial charge in [0.15, 0.2) is 0 Å². The van der Waals surface area contributed by atoms with Gasteiger partial charge in [-0.1, -0.05) is 12.1 Å². The predicted molar refractivity (Wildman–Crippen MR) is 98.2 cm³/mol. The number of aromatic nitrogens is 2. The highest BCUT2D eigenvalue weighted by Gasteiger charge is 2.11. The van der Waals surface area contributed by atoms with Crippen molar-refractivity contribution in [3.63, 3.8) is 0 Å². The summed E-state index contributed by atoms with van der Waals surface area (Å²) in [5, 5.41) is 16.8. The molecule has 0 aliphatic rings. The fourth-order valence-corrected chi connectivity index (χ4v) is 3.08. The summed E-state index contributed by atoms with van der Waals surface area (Å²) in [6.45, 7) is 0. The average Bonchev–Trinajstić information content (AvgIpc) is 2.93. The summed E-state index contributed by atoms with van der Waals surface area (Å²) in [5.74, 6) is -0.870. The molecule has 3 aromatic rings. The summed E-state index contributed by atoms with van der Waals surface area (Å²) >= 11 is 3.50. The van der Waals surface area contributed by atoms with Crippen LogP contribution in [-0.4, -0.2) is 15.7 Å². The number of hydrogen-bond acceptors (Lipinski definition) is 4. The Bertz CT molecular complexity index is 1000. The number of anilines is 2. The van der Waals surface area contributed by atoms with Crippen LogP contribution in [0, 0.1) is 11.3 Å². The Balaban J connectivity index is 1.92. The zero-order chi connectivity index (χ0) is 18.0. The van der Waals surface area contributed by atoms with Crippen LogP contribution >= 0.6 is 15.9 Å². The first-order valence-electron chi connectivity index (χ1n) is 7.34. The minimum atomic E-state index is -0.870. The zero-order valence-corrected chi connectivity index (χ0v) is 14.8. The molecule has 0 aliphatic heterocycles. The van der Waals surface area contributed by atoms with Gasteiger partial charge in [0.2, 0.25) is 0 Å². The Morgan fingerprint density at radius 1 is 1.28 bits per heavy atom. The van der Waals surface area contributed by atoms with E-state index in [-0.39, 0.29) is 11.1 Å². The second-order valence-corrected chi connectivity index (χ2v) is 6.26. The lowest BCUT2D eigenvalue weighted by molar-refractivity contribution is 0.0992. The van der Waals surface area contributed by atoms with Gasteiger partial charge in [-0.2, -0.15) is 10.4 Å². The number of halogens is 1. The minimum absolute atomic E-state index is 0.0965. The van der Waals surface area contributed by atoms with E-state index in [2.05, 4.69) is 26.3 Å². The lowest BCUT2D eigenvalue weighted by Gasteiger charge is -2.09. The third-order valence-corrected chi connectivity index (χ3v) is 4.17. The molecule has 0 bridgehead atoms. The van der Waals surface area contributed by atoms with Crippen molar-refractivity contribution in [3.05, 3.63) is 64.3 Å². The highest BCUT2D eigenvalue weighted by atomic mass is 79.9. The van der Waals surface area contributed by atoms with E-state index in [1.54, 1.807) is 16.8 Å². The third kappa shape index (κ3) is 3.54. The number of rotatable bonds is 4. The van der Waals surface area contributed by atoms with Crippen molar-refractivity contribution in [2.24, 2.45) is 7.05 Å². The summed E-state index contributed by atoms with van der Waals surface area (Å²) in [5.41, 5.74) is 10.7. The van der Waals surface area contributed by atoms with E-state index in [1.807, 2.05) is 43.6 Å². The summed E-state index contributed by atoms with van der Waals surface area (Å²) in [6.07, 6.45) is 1.88. The maximum absolute atomic E-state index is 11.2. The first-order chi connectivity index (χ1) is 12.0. The number of carbonyl (C=O) groups is 1. The summed E-state index contributed by atoms with van der Waals surface area (Å²) in [6, 6.07) is 14.4. The monoisotopic (exact) mass is 394 g/mol. The highest BCUT2D eigenvalue weighted by molar-refractivity contribution is 9.10. The van der Waals surface area contributed by atoms with E-state index in [0.29, 0.717) is 5.69 Å². The molecule has 0 aliphatic carbocycles. The number of carbonyl (C=O) groups excluding carboxylic acids is 1. The molecule has 1 radical (unpaired) electrons. The van der Waals surface area contributed by atoms with Gasteiger partial charge in [0.05, 0.1) is 15.6 Å². The number of amides is 1. The quantitative estimate of drug-likeness (QED) is 0.725. The van der Waals surface area contributed by atoms with Crippen molar-refractivity contribution < 1.29 is 4.79 Å². The molecule has 2 N–H and O–H groups in total. The van der Waals surface area contributed by atoms with Crippen LogP contribution in [0.1, 0.15) is 15.9 Å². The van der Waals surface area contributed by atoms with Gasteiger partial charge in [-0.25, -0.2) is 0 Å². The summed E-state index contributed by atoms with van der Waals surface area (Å²) in [4.78, 5) is 11.2. The second kappa shape index (κ2) is 6.79. The maximum Gasteiger partial charge on any atom is 0.271 e. The topological polar surface area (TPSA) is 94.5 Å². The second-order valence-electron chi connectivity index (χ2n) is 5.41. The van der Waals surface area contributed by atoms with Crippen LogP contribution in [0.4, 0.5) is 11.4 Å². The van der Waals surface area contributed by atoms with Gasteiger partial charge >= 0.3 is 0 Å². The minimum Gasteiger partial charge on any atom is -0.355 e. The van der Waals surface area contributed by atoms with Gasteiger partial charge in [0.1, 0.15) is 11.8 Å². The molecule has 7 heteroatoms. The zero-order valence-electron chi connectivity index (χ0n) is 13.2. The largest absolute Gasteiger partial charge is 0.355 e. The molecule has 123 valence electrons. The van der Waals surface area contributed by atoms with Crippen LogP contribution in [0.5, 0.6) is 0 Å². The Kier molecular flexibility index (Phi) is 4.55. The molecule has 0 spiro atoms. The molecule has 0 saturated carbocycles. The summed E-state index contributed by atoms with van der Waals surface area (Å²) in [7, 11) is 1.86. The Morgan fingerprint density at radius 2 is 2.04 bits per heavy atom. The first kappa shape index (κ1) is 16.7. The Hall–Kier alpha value is -3.11. The molecular formula is C18H13BrN5O. The average molecular weight is 395 g/mol. The Labute approximate surface area is 153 Å². The van der Waals surface area contributed by atoms with Crippen LogP contribution in [0.15, 0.2) is 53.1 Å². The SMILES string of the molecule is Cn1cc(Br)c(-c2cccc(Nc3ccc(C([NH])=O)c(C#N)c3)c2)n1. The molecule has 25 heavy (non-hydrogen) atoms. The van der Waals surface area contributed by atoms with Crippen LogP contribution < -0.4 is 11.1 Å². The summed E-state index contributed by atoms with van der Waals surface area (Å²) < 4.78 is 2.63. The van der Waals surface area contributed by atoms with Crippen molar-refractivity contribution in [1.82, 2.24) is 15.5 Å². The number of nitrogens with one attached hydrogen (secondary N) is 2. The number of nitriles is 1. The van der Waals surface area contributed by atoms with Gasteiger partial charge in [-0.3, -0.25) is 15.2 Å². The van der Waals surface area contributed by atoms with E-state index in [9.17, 15) is 4.79 Å². The standard InChI is InChI=1S/C18H13BrN5O/c1-24-10-16(19)17(23-24)11-3-2-4-13(7-11)22-14-5-6-15(18(21)25)12(8-14)9-20/h2-8,10,21-22H,1H3. The normalized spacial score (nSPS) is 10.3. The number of hydrogen-bond donors (Lipinski definition) is 1. The van der Waals surface area contributed by atoms with Gasteiger partial charge in [-0.05, 0) is 46.3 Å². The van der Waals surface area contributed by atoms with Crippen molar-refractivity contribution in [1.29, 1.82) is 5.26 Å². The molecule has 6 nitrogen and oxygen atoms in total. The van der Waals surface area contributed by atoms with Crippen molar-refractivity contribution in [2.75, 3.05) is 5.32 Å². The molecule has 3 rings (SSSR count). The predicted octanol–water partition coefficient (Wildman–Crippen LogP) is 3.89. The number of benzene rings is 2. The maximum atomic E-state index is 11.2. The van der Waals surface area contributed by atoms with Crippen LogP contribution in [0.25, 0.3) is 11.3 Å². The van der Waals surface area contributed by atoms with E-state index in [0.717, 1.165) is 21.4 Å². The van der Waals surface area contributed by atoms with E-state index in [4.69, 9.17) is 11.0 Å². The lowest BCUT2D eigenvalue weighted by Crippen LogP contribution is -2.03. The lowest BCUT2D eigenvalue weighted by atomic mass is 10.1. The van der Waals surface area contributed by atoms with Crippen LogP contribution in [-0.2, 0) is 7.05 Å². The first-order valence-corrected chi connectivity index (χ1v) is 8.14. The molecule has 0 unspecified atom stereocenters. The fourth-order valence-electron chi connectivity index (χ4n) is 2.48. The van der Waals surface area contributed by atoms with Crippen molar-refractivity contribution >= 4 is 33.2 Å². The van der Waals surface area contributed by atoms with E-state index >= 15 is 0 Å². The fraction of sp³-hybridized carbons (Fsp3) is 0.0556. The van der Waals surface area contributed by atoms with Crippen molar-refractivity contribution in [2.45, 2.75) is 0 Å². The number of nitrogens with zero attached hydrogens (tertiary/aromatic N) is 3. The van der Waals surface area contributed by atoms with E-state index in [1.165, 1.54) is 6.07 Å². The smallest absolute Gasteiger partial charge is 0.271 e. The molecule has 0 saturated heterocycles. The van der Waals surface area contributed by atoms with Crippen LogP contribution in [0.3, 0.4) is 0 Å². The van der Waals surface area contributed by atoms with Gasteiger partial charge in [0, 0.05) is 30.2 Å². The molecule has 0 atom stereocenters. The van der Waals surface area contributed by atoms with Crippen molar-refractivity contribution in [3.8, 4) is 17.3 Å². The van der Waals surface area contributed by atoms with E-state index < -0.39 is 5.91 Å². The molecule has 1 amide bonds. The molecule has 1 heterocycles. The number of aryl methyl sites for hydroxylation is 1. The molecule has 0 fully saturated rings. The molecular weight excluding hydrogens is 382 g/mol. The third-order valence-electron chi connectivity index (χ3n) is 3.59. The molecule has 1 aromatic heterocycles. The Morgan fingerprint density at radius 3 is 2.68 bits per heavy atom. The van der Waals surface area contributed by atoms with Gasteiger partial charge < -0.3 is 5.32 Å². The van der Waals surface area contributed by atoms with Gasteiger partial charge in [-0.15, -0.1) is 0 Å².